The highest BCUT2D eigenvalue weighted by Gasteiger charge is 2.26. The Morgan fingerprint density at radius 2 is 1.59 bits per heavy atom. The average Bonchev–Trinajstić information content (AvgIpc) is 3.38. The smallest absolute Gasteiger partial charge is 0.329 e. The normalized spacial score (nSPS) is 11.6. The lowest BCUT2D eigenvalue weighted by Gasteiger charge is -2.21. The number of hydrogen-bond donors (Lipinski definition) is 2. The van der Waals surface area contributed by atoms with Gasteiger partial charge in [0.1, 0.15) is 11.5 Å². The Labute approximate surface area is 231 Å². The largest absolute Gasteiger partial charge is 0.459 e. The zero-order chi connectivity index (χ0) is 27.8. The van der Waals surface area contributed by atoms with Crippen LogP contribution in [-0.2, 0) is 32.7 Å². The minimum absolute atomic E-state index is 0.0565. The number of halogens is 1. The van der Waals surface area contributed by atoms with Crippen molar-refractivity contribution in [1.82, 2.24) is 9.73 Å². The number of benzene rings is 3. The van der Waals surface area contributed by atoms with Crippen LogP contribution in [0, 0.1) is 6.92 Å². The molecule has 4 aromatic rings. The van der Waals surface area contributed by atoms with Crippen molar-refractivity contribution in [3.8, 4) is 0 Å². The summed E-state index contributed by atoms with van der Waals surface area (Å²) in [4.78, 5) is 24.3. The number of sulfonamides is 1. The summed E-state index contributed by atoms with van der Waals surface area (Å²) in [6.45, 7) is 1.94. The molecule has 39 heavy (non-hydrogen) atoms. The van der Waals surface area contributed by atoms with Crippen molar-refractivity contribution < 1.29 is 22.4 Å². The first-order valence-corrected chi connectivity index (χ1v) is 13.6. The fourth-order valence-corrected chi connectivity index (χ4v) is 5.06. The van der Waals surface area contributed by atoms with Gasteiger partial charge in [-0.15, -0.1) is 0 Å². The molecular weight excluding hydrogens is 540 g/mol. The Morgan fingerprint density at radius 1 is 0.897 bits per heavy atom. The monoisotopic (exact) mass is 564 g/mol. The molecule has 3 aromatic carbocycles. The molecule has 0 saturated carbocycles. The number of rotatable bonds is 9. The minimum Gasteiger partial charge on any atom is -0.459 e. The zero-order valence-electron chi connectivity index (χ0n) is 20.9. The molecule has 0 fully saturated rings. The molecule has 9 nitrogen and oxygen atoms in total. The number of hydrazone groups is 1. The van der Waals surface area contributed by atoms with Crippen LogP contribution in [0.15, 0.2) is 105 Å². The number of carbonyl (C=O) groups excluding carboxylic acids is 2. The van der Waals surface area contributed by atoms with Gasteiger partial charge in [0.25, 0.3) is 0 Å². The first-order valence-electron chi connectivity index (χ1n) is 11.8. The fourth-order valence-electron chi connectivity index (χ4n) is 3.51. The molecule has 2 amide bonds. The Kier molecular flexibility index (Phi) is 8.92. The number of furan rings is 1. The summed E-state index contributed by atoms with van der Waals surface area (Å²) in [6.07, 6.45) is 1.22. The molecule has 0 atom stereocenters. The first-order chi connectivity index (χ1) is 18.7. The molecule has 0 bridgehead atoms. The predicted molar refractivity (Wildman–Crippen MR) is 149 cm³/mol. The third-order valence-electron chi connectivity index (χ3n) is 5.54. The minimum atomic E-state index is -3.86. The van der Waals surface area contributed by atoms with Crippen LogP contribution in [0.4, 0.5) is 5.69 Å². The predicted octanol–water partition coefficient (Wildman–Crippen LogP) is 4.72. The molecule has 0 aliphatic heterocycles. The van der Waals surface area contributed by atoms with Crippen molar-refractivity contribution in [3.05, 3.63) is 119 Å². The Morgan fingerprint density at radius 3 is 2.28 bits per heavy atom. The lowest BCUT2D eigenvalue weighted by molar-refractivity contribution is -0.136. The highest BCUT2D eigenvalue weighted by Crippen LogP contribution is 2.22. The number of anilines is 1. The summed E-state index contributed by atoms with van der Waals surface area (Å²) in [5, 5.41) is 6.78. The molecule has 0 radical (unpaired) electrons. The van der Waals surface area contributed by atoms with E-state index in [0.29, 0.717) is 16.5 Å². The van der Waals surface area contributed by atoms with Gasteiger partial charge in [-0.2, -0.15) is 9.41 Å². The van der Waals surface area contributed by atoms with E-state index in [0.717, 1.165) is 11.1 Å². The van der Waals surface area contributed by atoms with E-state index in [2.05, 4.69) is 15.8 Å². The van der Waals surface area contributed by atoms with Gasteiger partial charge >= 0.3 is 11.8 Å². The van der Waals surface area contributed by atoms with Crippen LogP contribution >= 0.6 is 11.6 Å². The van der Waals surface area contributed by atoms with E-state index in [1.807, 2.05) is 19.1 Å². The maximum Gasteiger partial charge on any atom is 0.329 e. The summed E-state index contributed by atoms with van der Waals surface area (Å²) in [6, 6.07) is 25.2. The third kappa shape index (κ3) is 7.64. The van der Waals surface area contributed by atoms with E-state index >= 15 is 0 Å². The zero-order valence-corrected chi connectivity index (χ0v) is 22.4. The molecule has 1 heterocycles. The summed E-state index contributed by atoms with van der Waals surface area (Å²) >= 11 is 5.98. The average molecular weight is 565 g/mol. The van der Waals surface area contributed by atoms with Gasteiger partial charge in [0, 0.05) is 17.3 Å². The number of carbonyl (C=O) groups is 2. The number of aryl methyl sites for hydroxylation is 1. The number of hydrogen-bond acceptors (Lipinski definition) is 6. The van der Waals surface area contributed by atoms with Gasteiger partial charge < -0.3 is 9.73 Å². The molecule has 0 spiro atoms. The molecule has 2 N–H and O–H groups in total. The van der Waals surface area contributed by atoms with Gasteiger partial charge in [-0.1, -0.05) is 59.6 Å². The molecule has 0 aliphatic carbocycles. The van der Waals surface area contributed by atoms with Gasteiger partial charge in [-0.25, -0.2) is 13.8 Å². The topological polar surface area (TPSA) is 121 Å². The van der Waals surface area contributed by atoms with Crippen molar-refractivity contribution in [2.24, 2.45) is 5.10 Å². The maximum absolute atomic E-state index is 13.4. The Hall–Kier alpha value is -4.25. The Balaban J connectivity index is 1.42. The Bertz CT molecular complexity index is 1570. The van der Waals surface area contributed by atoms with Crippen molar-refractivity contribution in [3.63, 3.8) is 0 Å². The highest BCUT2D eigenvalue weighted by molar-refractivity contribution is 7.89. The van der Waals surface area contributed by atoms with Crippen molar-refractivity contribution in [2.75, 3.05) is 5.32 Å². The van der Waals surface area contributed by atoms with Gasteiger partial charge in [0.05, 0.1) is 17.7 Å². The fraction of sp³-hybridized carbons (Fsp3) is 0.107. The summed E-state index contributed by atoms with van der Waals surface area (Å²) in [7, 11) is -3.86. The standard InChI is InChI=1S/C28H25ClN4O5S/c1-20-7-13-23(14-8-20)31-27(34)28(35)32-30-17-24-15-16-25(38-24)19-33(18-21-9-11-22(29)12-10-21)39(36,37)26-5-3-2-4-6-26/h2-17H,18-19H2,1H3,(H,31,34)(H,32,35)/b30-17+. The molecule has 0 unspecified atom stereocenters. The van der Waals surface area contributed by atoms with Crippen LogP contribution in [0.2, 0.25) is 5.02 Å². The molecule has 0 aliphatic rings. The van der Waals surface area contributed by atoms with Crippen LogP contribution in [-0.4, -0.2) is 30.8 Å². The second-order valence-electron chi connectivity index (χ2n) is 8.54. The molecule has 0 saturated heterocycles. The first kappa shape index (κ1) is 27.8. The van der Waals surface area contributed by atoms with Gasteiger partial charge in [0.2, 0.25) is 10.0 Å². The quantitative estimate of drug-likeness (QED) is 0.173. The van der Waals surface area contributed by atoms with Crippen LogP contribution in [0.25, 0.3) is 0 Å². The molecule has 200 valence electrons. The second kappa shape index (κ2) is 12.5. The van der Waals surface area contributed by atoms with E-state index in [9.17, 15) is 18.0 Å². The highest BCUT2D eigenvalue weighted by atomic mass is 35.5. The van der Waals surface area contributed by atoms with Crippen molar-refractivity contribution >= 4 is 45.3 Å². The van der Waals surface area contributed by atoms with Crippen LogP contribution < -0.4 is 10.7 Å². The van der Waals surface area contributed by atoms with Gasteiger partial charge in [-0.3, -0.25) is 9.59 Å². The molecule has 1 aromatic heterocycles. The lowest BCUT2D eigenvalue weighted by Crippen LogP contribution is -2.32. The van der Waals surface area contributed by atoms with E-state index in [1.165, 1.54) is 22.7 Å². The van der Waals surface area contributed by atoms with Crippen LogP contribution in [0.1, 0.15) is 22.6 Å². The molecule has 4 rings (SSSR count). The summed E-state index contributed by atoms with van der Waals surface area (Å²) in [5.41, 5.74) is 4.39. The van der Waals surface area contributed by atoms with Gasteiger partial charge in [-0.05, 0) is 61.0 Å². The van der Waals surface area contributed by atoms with E-state index in [-0.39, 0.29) is 23.7 Å². The van der Waals surface area contributed by atoms with Crippen molar-refractivity contribution in [1.29, 1.82) is 0 Å². The third-order valence-corrected chi connectivity index (χ3v) is 7.60. The number of amides is 2. The lowest BCUT2D eigenvalue weighted by atomic mass is 10.2. The van der Waals surface area contributed by atoms with E-state index in [1.54, 1.807) is 66.7 Å². The van der Waals surface area contributed by atoms with E-state index in [4.69, 9.17) is 16.0 Å². The number of nitrogens with zero attached hydrogens (tertiary/aromatic N) is 2. The van der Waals surface area contributed by atoms with Crippen molar-refractivity contribution in [2.45, 2.75) is 24.9 Å². The second-order valence-corrected chi connectivity index (χ2v) is 10.9. The summed E-state index contributed by atoms with van der Waals surface area (Å²) < 4.78 is 33.9. The van der Waals surface area contributed by atoms with Gasteiger partial charge in [0.15, 0.2) is 0 Å². The summed E-state index contributed by atoms with van der Waals surface area (Å²) in [5.74, 6) is -1.22. The van der Waals surface area contributed by atoms with E-state index < -0.39 is 21.8 Å². The molecule has 11 heteroatoms. The van der Waals surface area contributed by atoms with Crippen LogP contribution in [0.3, 0.4) is 0 Å². The number of nitrogens with one attached hydrogen (secondary N) is 2. The van der Waals surface area contributed by atoms with Crippen LogP contribution in [0.5, 0.6) is 0 Å². The molecular formula is C28H25ClN4O5S. The maximum atomic E-state index is 13.4. The SMILES string of the molecule is Cc1ccc(NC(=O)C(=O)N/N=C/c2ccc(CN(Cc3ccc(Cl)cc3)S(=O)(=O)c3ccccc3)o2)cc1.